The zero-order valence-corrected chi connectivity index (χ0v) is 17.7. The second-order valence-corrected chi connectivity index (χ2v) is 7.94. The Balaban J connectivity index is 1.39. The van der Waals surface area contributed by atoms with Gasteiger partial charge in [-0.05, 0) is 49.7 Å². The van der Waals surface area contributed by atoms with E-state index < -0.39 is 0 Å². The molecule has 0 unspecified atom stereocenters. The van der Waals surface area contributed by atoms with E-state index in [-0.39, 0.29) is 5.56 Å². The van der Waals surface area contributed by atoms with Gasteiger partial charge in [0, 0.05) is 49.8 Å². The molecule has 0 aromatic carbocycles. The lowest BCUT2D eigenvalue weighted by molar-refractivity contribution is 0.241. The number of aryl methyl sites for hydroxylation is 1. The minimum Gasteiger partial charge on any atom is -0.305 e. The molecule has 0 radical (unpaired) electrons. The summed E-state index contributed by atoms with van der Waals surface area (Å²) in [6.45, 7) is 6.46. The smallest absolute Gasteiger partial charge is 0.255 e. The Kier molecular flexibility index (Phi) is 4.95. The maximum Gasteiger partial charge on any atom is 0.255 e. The molecule has 0 saturated heterocycles. The number of H-pyrrole nitrogens is 1. The fraction of sp³-hybridized carbons (Fsp3) is 0.250. The van der Waals surface area contributed by atoms with Gasteiger partial charge in [0.1, 0.15) is 11.5 Å². The summed E-state index contributed by atoms with van der Waals surface area (Å²) in [5.74, 6) is 1.46. The van der Waals surface area contributed by atoms with E-state index in [1.54, 1.807) is 6.20 Å². The molecule has 1 aliphatic heterocycles. The zero-order valence-electron chi connectivity index (χ0n) is 17.7. The first-order valence-electron chi connectivity index (χ1n) is 10.4. The molecule has 1 aliphatic rings. The number of nitrogens with zero attached hydrogens (tertiary/aromatic N) is 5. The number of nitrogens with one attached hydrogen (secondary N) is 1. The molecule has 5 rings (SSSR count). The average Bonchev–Trinajstić information content (AvgIpc) is 3.08. The molecule has 156 valence electrons. The van der Waals surface area contributed by atoms with Crippen LogP contribution >= 0.6 is 0 Å². The van der Waals surface area contributed by atoms with Crippen molar-refractivity contribution in [2.45, 2.75) is 33.4 Å². The van der Waals surface area contributed by atoms with Crippen LogP contribution in [0.4, 0.5) is 0 Å². The van der Waals surface area contributed by atoms with Crippen LogP contribution in [0.25, 0.3) is 17.3 Å². The highest BCUT2D eigenvalue weighted by Gasteiger charge is 2.23. The van der Waals surface area contributed by atoms with Crippen molar-refractivity contribution in [3.63, 3.8) is 0 Å². The van der Waals surface area contributed by atoms with Gasteiger partial charge in [-0.25, -0.2) is 9.97 Å². The number of hydrogen-bond acceptors (Lipinski definition) is 5. The molecule has 0 atom stereocenters. The lowest BCUT2D eigenvalue weighted by atomic mass is 10.1. The molecule has 0 bridgehead atoms. The Bertz CT molecular complexity index is 1280. The van der Waals surface area contributed by atoms with Crippen LogP contribution in [0.3, 0.4) is 0 Å². The molecule has 0 saturated carbocycles. The molecular weight excluding hydrogens is 388 g/mol. The maximum absolute atomic E-state index is 12.8. The first-order chi connectivity index (χ1) is 15.1. The molecule has 0 fully saturated rings. The van der Waals surface area contributed by atoms with Crippen molar-refractivity contribution in [1.29, 1.82) is 0 Å². The van der Waals surface area contributed by atoms with Gasteiger partial charge in [-0.15, -0.1) is 0 Å². The number of rotatable bonds is 4. The van der Waals surface area contributed by atoms with Gasteiger partial charge in [-0.3, -0.25) is 14.7 Å². The highest BCUT2D eigenvalue weighted by molar-refractivity contribution is 5.49. The summed E-state index contributed by atoms with van der Waals surface area (Å²) in [6.07, 6.45) is 4.27. The third-order valence-corrected chi connectivity index (χ3v) is 5.86. The average molecular weight is 412 g/mol. The Morgan fingerprint density at radius 1 is 1.06 bits per heavy atom. The molecule has 31 heavy (non-hydrogen) atoms. The standard InChI is InChI=1S/C24H24N6O/c1-16-13-18(17(2)30(16)22-8-4-6-11-26-22)14-29-12-9-20-19(15-29)24(31)28-23(27-20)21-7-3-5-10-25-21/h3-8,10-11,13H,9,12,14-15H2,1-2H3,(H,27,28,31). The van der Waals surface area contributed by atoms with Gasteiger partial charge < -0.3 is 9.55 Å². The molecule has 7 nitrogen and oxygen atoms in total. The summed E-state index contributed by atoms with van der Waals surface area (Å²) in [5.41, 5.74) is 5.83. The van der Waals surface area contributed by atoms with Crippen LogP contribution in [-0.2, 0) is 19.5 Å². The Hall–Kier alpha value is -3.58. The van der Waals surface area contributed by atoms with Crippen LogP contribution in [0.1, 0.15) is 28.2 Å². The number of pyridine rings is 2. The third-order valence-electron chi connectivity index (χ3n) is 5.86. The highest BCUT2D eigenvalue weighted by atomic mass is 16.1. The van der Waals surface area contributed by atoms with Gasteiger partial charge in [-0.1, -0.05) is 12.1 Å². The van der Waals surface area contributed by atoms with Crippen molar-refractivity contribution in [2.24, 2.45) is 0 Å². The topological polar surface area (TPSA) is 79.7 Å². The molecular formula is C24H24N6O. The Labute approximate surface area is 180 Å². The van der Waals surface area contributed by atoms with Gasteiger partial charge in [0.05, 0.1) is 11.3 Å². The fourth-order valence-electron chi connectivity index (χ4n) is 4.31. The number of fused-ring (bicyclic) bond motifs is 1. The highest BCUT2D eigenvalue weighted by Crippen LogP contribution is 2.23. The zero-order chi connectivity index (χ0) is 21.4. The van der Waals surface area contributed by atoms with Crippen molar-refractivity contribution >= 4 is 0 Å². The Morgan fingerprint density at radius 2 is 1.87 bits per heavy atom. The van der Waals surface area contributed by atoms with Gasteiger partial charge >= 0.3 is 0 Å². The van der Waals surface area contributed by atoms with Gasteiger partial charge in [0.25, 0.3) is 5.56 Å². The van der Waals surface area contributed by atoms with E-state index in [1.165, 1.54) is 11.3 Å². The monoisotopic (exact) mass is 412 g/mol. The minimum absolute atomic E-state index is 0.0747. The SMILES string of the molecule is Cc1cc(CN2CCc3nc(-c4ccccn4)[nH]c(=O)c3C2)c(C)n1-c1ccccn1. The molecule has 1 N–H and O–H groups in total. The molecule has 7 heteroatoms. The quantitative estimate of drug-likeness (QED) is 0.557. The molecule has 4 aromatic rings. The van der Waals surface area contributed by atoms with Crippen molar-refractivity contribution in [1.82, 2.24) is 29.4 Å². The van der Waals surface area contributed by atoms with Crippen molar-refractivity contribution in [3.8, 4) is 17.3 Å². The second kappa shape index (κ2) is 7.92. The van der Waals surface area contributed by atoms with Gasteiger partial charge in [0.2, 0.25) is 0 Å². The van der Waals surface area contributed by atoms with E-state index in [0.717, 1.165) is 42.3 Å². The number of aromatic amines is 1. The van der Waals surface area contributed by atoms with Gasteiger partial charge in [0.15, 0.2) is 5.82 Å². The summed E-state index contributed by atoms with van der Waals surface area (Å²) in [7, 11) is 0. The molecule has 0 amide bonds. The summed E-state index contributed by atoms with van der Waals surface area (Å²) >= 11 is 0. The minimum atomic E-state index is -0.0747. The van der Waals surface area contributed by atoms with E-state index in [1.807, 2.05) is 42.6 Å². The normalized spacial score (nSPS) is 13.9. The van der Waals surface area contributed by atoms with Crippen molar-refractivity contribution < 1.29 is 0 Å². The van der Waals surface area contributed by atoms with E-state index in [4.69, 9.17) is 4.98 Å². The summed E-state index contributed by atoms with van der Waals surface area (Å²) in [4.78, 5) is 31.5. The largest absolute Gasteiger partial charge is 0.305 e. The predicted molar refractivity (Wildman–Crippen MR) is 119 cm³/mol. The molecule has 4 aromatic heterocycles. The second-order valence-electron chi connectivity index (χ2n) is 7.94. The predicted octanol–water partition coefficient (Wildman–Crippen LogP) is 3.19. The van der Waals surface area contributed by atoms with E-state index in [2.05, 4.69) is 44.3 Å². The first kappa shape index (κ1) is 19.4. The molecule has 0 aliphatic carbocycles. The summed E-state index contributed by atoms with van der Waals surface area (Å²) in [6, 6.07) is 13.8. The lowest BCUT2D eigenvalue weighted by Gasteiger charge is -2.27. The van der Waals surface area contributed by atoms with Crippen molar-refractivity contribution in [2.75, 3.05) is 6.54 Å². The summed E-state index contributed by atoms with van der Waals surface area (Å²) in [5, 5.41) is 0. The third kappa shape index (κ3) is 3.68. The van der Waals surface area contributed by atoms with Crippen LogP contribution in [-0.4, -0.2) is 35.9 Å². The van der Waals surface area contributed by atoms with E-state index >= 15 is 0 Å². The van der Waals surface area contributed by atoms with Crippen LogP contribution in [0.5, 0.6) is 0 Å². The summed E-state index contributed by atoms with van der Waals surface area (Å²) < 4.78 is 2.18. The van der Waals surface area contributed by atoms with Crippen LogP contribution in [0.2, 0.25) is 0 Å². The van der Waals surface area contributed by atoms with Crippen molar-refractivity contribution in [3.05, 3.63) is 93.4 Å². The molecule has 5 heterocycles. The van der Waals surface area contributed by atoms with Crippen LogP contribution < -0.4 is 5.56 Å². The van der Waals surface area contributed by atoms with E-state index in [0.29, 0.717) is 18.1 Å². The number of aromatic nitrogens is 5. The Morgan fingerprint density at radius 3 is 2.61 bits per heavy atom. The fourth-order valence-corrected chi connectivity index (χ4v) is 4.31. The lowest BCUT2D eigenvalue weighted by Crippen LogP contribution is -2.35. The number of hydrogen-bond donors (Lipinski definition) is 1. The first-order valence-corrected chi connectivity index (χ1v) is 10.4. The van der Waals surface area contributed by atoms with Crippen LogP contribution in [0.15, 0.2) is 59.7 Å². The maximum atomic E-state index is 12.8. The van der Waals surface area contributed by atoms with Crippen LogP contribution in [0, 0.1) is 13.8 Å². The molecule has 0 spiro atoms. The van der Waals surface area contributed by atoms with E-state index in [9.17, 15) is 4.79 Å². The van der Waals surface area contributed by atoms with Gasteiger partial charge in [-0.2, -0.15) is 0 Å².